The van der Waals surface area contributed by atoms with E-state index >= 15 is 0 Å². The number of likely N-dealkylation sites (N-methyl/N-ethyl adjacent to an activating group) is 1. The highest BCUT2D eigenvalue weighted by Crippen LogP contribution is 2.17. The van der Waals surface area contributed by atoms with E-state index in [0.29, 0.717) is 5.56 Å². The number of rotatable bonds is 6. The number of Topliss-reactive ketones (excluding diaryl/α,β-unsaturated/α-hetero) is 1. The van der Waals surface area contributed by atoms with Gasteiger partial charge in [-0.15, -0.1) is 0 Å². The number of hydrogen-bond donors (Lipinski definition) is 2. The van der Waals surface area contributed by atoms with E-state index in [-0.39, 0.29) is 18.6 Å². The van der Waals surface area contributed by atoms with Crippen molar-refractivity contribution < 1.29 is 14.7 Å². The quantitative estimate of drug-likeness (QED) is 0.792. The molecule has 2 aromatic carbocycles. The minimum absolute atomic E-state index is 0.0230. The van der Waals surface area contributed by atoms with Crippen molar-refractivity contribution in [1.82, 2.24) is 5.32 Å². The Kier molecular flexibility index (Phi) is 4.48. The fourth-order valence-corrected chi connectivity index (χ4v) is 2.22. The van der Waals surface area contributed by atoms with Crippen LogP contribution in [-0.4, -0.2) is 29.9 Å². The third-order valence-corrected chi connectivity index (χ3v) is 3.35. The number of carbonyl (C=O) groups excluding carboxylic acids is 1. The summed E-state index contributed by atoms with van der Waals surface area (Å²) in [5.41, 5.74) is 0.605. The van der Waals surface area contributed by atoms with E-state index in [2.05, 4.69) is 5.32 Å². The van der Waals surface area contributed by atoms with E-state index < -0.39 is 12.0 Å². The molecular weight excluding hydrogens is 254 g/mol. The number of carboxylic acids is 1. The van der Waals surface area contributed by atoms with E-state index in [1.54, 1.807) is 13.1 Å². The van der Waals surface area contributed by atoms with Crippen LogP contribution in [0.1, 0.15) is 23.2 Å². The van der Waals surface area contributed by atoms with Crippen molar-refractivity contribution >= 4 is 22.5 Å². The molecule has 0 bridgehead atoms. The molecule has 1 atom stereocenters. The Hall–Kier alpha value is -2.20. The Morgan fingerprint density at radius 2 is 1.85 bits per heavy atom. The first-order valence-corrected chi connectivity index (χ1v) is 6.54. The normalized spacial score (nSPS) is 12.2. The van der Waals surface area contributed by atoms with Crippen LogP contribution in [0.4, 0.5) is 0 Å². The first kappa shape index (κ1) is 14.2. The molecule has 4 nitrogen and oxygen atoms in total. The molecule has 0 aliphatic heterocycles. The molecule has 0 aromatic heterocycles. The van der Waals surface area contributed by atoms with Crippen LogP contribution in [0.5, 0.6) is 0 Å². The maximum Gasteiger partial charge on any atom is 0.303 e. The first-order valence-electron chi connectivity index (χ1n) is 6.54. The molecule has 0 radical (unpaired) electrons. The predicted molar refractivity (Wildman–Crippen MR) is 78.0 cm³/mol. The summed E-state index contributed by atoms with van der Waals surface area (Å²) >= 11 is 0. The molecule has 0 amide bonds. The van der Waals surface area contributed by atoms with Crippen LogP contribution in [0, 0.1) is 0 Å². The Bertz CT molecular complexity index is 636. The lowest BCUT2D eigenvalue weighted by Gasteiger charge is -2.14. The van der Waals surface area contributed by atoms with Gasteiger partial charge in [-0.2, -0.15) is 0 Å². The monoisotopic (exact) mass is 271 g/mol. The summed E-state index contributed by atoms with van der Waals surface area (Å²) in [6.45, 7) is 0. The number of nitrogens with one attached hydrogen (secondary N) is 1. The Labute approximate surface area is 117 Å². The average Bonchev–Trinajstić information content (AvgIpc) is 2.47. The van der Waals surface area contributed by atoms with Gasteiger partial charge in [-0.1, -0.05) is 36.4 Å². The van der Waals surface area contributed by atoms with Crippen molar-refractivity contribution in [3.05, 3.63) is 48.0 Å². The van der Waals surface area contributed by atoms with Crippen LogP contribution in [0.25, 0.3) is 10.8 Å². The third kappa shape index (κ3) is 3.22. The zero-order valence-electron chi connectivity index (χ0n) is 11.3. The summed E-state index contributed by atoms with van der Waals surface area (Å²) in [5, 5.41) is 13.7. The van der Waals surface area contributed by atoms with Gasteiger partial charge in [0.1, 0.15) is 0 Å². The van der Waals surface area contributed by atoms with Crippen molar-refractivity contribution in [2.24, 2.45) is 0 Å². The largest absolute Gasteiger partial charge is 0.481 e. The van der Waals surface area contributed by atoms with Crippen LogP contribution in [0.15, 0.2) is 42.5 Å². The van der Waals surface area contributed by atoms with Crippen LogP contribution in [0.3, 0.4) is 0 Å². The van der Waals surface area contributed by atoms with Crippen molar-refractivity contribution in [2.45, 2.75) is 18.9 Å². The van der Waals surface area contributed by atoms with E-state index in [0.717, 1.165) is 10.8 Å². The van der Waals surface area contributed by atoms with Gasteiger partial charge < -0.3 is 10.4 Å². The molecule has 0 saturated carbocycles. The molecular formula is C16H17NO3. The summed E-state index contributed by atoms with van der Waals surface area (Å²) in [6, 6.07) is 12.9. The zero-order chi connectivity index (χ0) is 14.5. The molecule has 2 rings (SSSR count). The van der Waals surface area contributed by atoms with Gasteiger partial charge in [0.25, 0.3) is 0 Å². The number of carboxylic acid groups (broad SMARTS) is 1. The minimum Gasteiger partial charge on any atom is -0.481 e. The fourth-order valence-electron chi connectivity index (χ4n) is 2.22. The van der Waals surface area contributed by atoms with E-state index in [9.17, 15) is 9.59 Å². The maximum atomic E-state index is 12.4. The second-order valence-corrected chi connectivity index (χ2v) is 4.70. The number of ketones is 1. The molecule has 1 unspecified atom stereocenters. The second-order valence-electron chi connectivity index (χ2n) is 4.70. The predicted octanol–water partition coefficient (Wildman–Crippen LogP) is 2.48. The molecule has 4 heteroatoms. The van der Waals surface area contributed by atoms with Gasteiger partial charge in [0, 0.05) is 12.0 Å². The minimum atomic E-state index is -0.892. The summed E-state index contributed by atoms with van der Waals surface area (Å²) in [6.07, 6.45) is 0.266. The van der Waals surface area contributed by atoms with Crippen molar-refractivity contribution in [3.8, 4) is 0 Å². The van der Waals surface area contributed by atoms with Crippen molar-refractivity contribution in [2.75, 3.05) is 7.05 Å². The Balaban J connectivity index is 2.22. The lowest BCUT2D eigenvalue weighted by molar-refractivity contribution is -0.137. The van der Waals surface area contributed by atoms with Crippen LogP contribution >= 0.6 is 0 Å². The van der Waals surface area contributed by atoms with Gasteiger partial charge in [-0.3, -0.25) is 9.59 Å². The smallest absolute Gasteiger partial charge is 0.303 e. The summed E-state index contributed by atoms with van der Waals surface area (Å²) < 4.78 is 0. The fraction of sp³-hybridized carbons (Fsp3) is 0.250. The first-order chi connectivity index (χ1) is 9.61. The Morgan fingerprint density at radius 1 is 1.15 bits per heavy atom. The highest BCUT2D eigenvalue weighted by Gasteiger charge is 2.19. The zero-order valence-corrected chi connectivity index (χ0v) is 11.3. The van der Waals surface area contributed by atoms with E-state index in [1.165, 1.54) is 0 Å². The van der Waals surface area contributed by atoms with Crippen LogP contribution in [0.2, 0.25) is 0 Å². The van der Waals surface area contributed by atoms with Crippen molar-refractivity contribution in [1.29, 1.82) is 0 Å². The van der Waals surface area contributed by atoms with Gasteiger partial charge in [0.2, 0.25) is 0 Å². The number of carbonyl (C=O) groups is 2. The van der Waals surface area contributed by atoms with Gasteiger partial charge >= 0.3 is 5.97 Å². The number of aliphatic carboxylic acids is 1. The molecule has 0 fully saturated rings. The van der Waals surface area contributed by atoms with Gasteiger partial charge in [0.05, 0.1) is 6.04 Å². The topological polar surface area (TPSA) is 66.4 Å². The number of fused-ring (bicyclic) bond motifs is 1. The lowest BCUT2D eigenvalue weighted by Crippen LogP contribution is -2.34. The summed E-state index contributed by atoms with van der Waals surface area (Å²) in [7, 11) is 1.67. The summed E-state index contributed by atoms with van der Waals surface area (Å²) in [4.78, 5) is 23.0. The summed E-state index contributed by atoms with van der Waals surface area (Å²) in [5.74, 6) is -0.962. The number of benzene rings is 2. The highest BCUT2D eigenvalue weighted by molar-refractivity contribution is 6.03. The number of hydrogen-bond acceptors (Lipinski definition) is 3. The van der Waals surface area contributed by atoms with Crippen LogP contribution < -0.4 is 5.32 Å². The van der Waals surface area contributed by atoms with Crippen LogP contribution in [-0.2, 0) is 4.79 Å². The second kappa shape index (κ2) is 6.30. The third-order valence-electron chi connectivity index (χ3n) is 3.35. The molecule has 2 N–H and O–H groups in total. The Morgan fingerprint density at radius 3 is 2.50 bits per heavy atom. The molecule has 0 heterocycles. The van der Waals surface area contributed by atoms with Gasteiger partial charge in [-0.25, -0.2) is 0 Å². The maximum absolute atomic E-state index is 12.4. The van der Waals surface area contributed by atoms with Gasteiger partial charge in [-0.05, 0) is 30.3 Å². The molecule has 0 aliphatic rings. The standard InChI is InChI=1S/C16H17NO3/c1-17-14(8-9-15(18)19)16(20)13-7-6-11-4-2-3-5-12(11)10-13/h2-7,10,14,17H,8-9H2,1H3,(H,18,19). The molecule has 20 heavy (non-hydrogen) atoms. The molecule has 2 aromatic rings. The van der Waals surface area contributed by atoms with Crippen molar-refractivity contribution in [3.63, 3.8) is 0 Å². The SMILES string of the molecule is CNC(CCC(=O)O)C(=O)c1ccc2ccccc2c1. The van der Waals surface area contributed by atoms with E-state index in [4.69, 9.17) is 5.11 Å². The molecule has 0 spiro atoms. The lowest BCUT2D eigenvalue weighted by atomic mass is 9.98. The van der Waals surface area contributed by atoms with Gasteiger partial charge in [0.15, 0.2) is 5.78 Å². The highest BCUT2D eigenvalue weighted by atomic mass is 16.4. The average molecular weight is 271 g/mol. The van der Waals surface area contributed by atoms with E-state index in [1.807, 2.05) is 36.4 Å². The molecule has 104 valence electrons. The molecule has 0 aliphatic carbocycles. The molecule has 0 saturated heterocycles.